The summed E-state index contributed by atoms with van der Waals surface area (Å²) in [4.78, 5) is 4.86. The Morgan fingerprint density at radius 2 is 1.48 bits per heavy atom. The second-order valence-corrected chi connectivity index (χ2v) is 5.98. The molecule has 1 aliphatic heterocycles. The van der Waals surface area contributed by atoms with Crippen molar-refractivity contribution in [2.75, 3.05) is 43.1 Å². The fourth-order valence-electron chi connectivity index (χ4n) is 2.71. The van der Waals surface area contributed by atoms with Crippen molar-refractivity contribution in [1.29, 1.82) is 0 Å². The molecule has 3 nitrogen and oxygen atoms in total. The maximum atomic E-state index is 5.29. The molecule has 0 spiro atoms. The molecule has 0 atom stereocenters. The van der Waals surface area contributed by atoms with Gasteiger partial charge in [0, 0.05) is 37.6 Å². The molecule has 2 aromatic carbocycles. The third kappa shape index (κ3) is 3.16. The topological polar surface area (TPSA) is 15.7 Å². The van der Waals surface area contributed by atoms with Crippen molar-refractivity contribution in [3.8, 4) is 5.75 Å². The SMILES string of the molecule is COc1ccc(N2CCN(c3ccccc3)CC2)cc1Br. The molecule has 4 heteroatoms. The lowest BCUT2D eigenvalue weighted by Gasteiger charge is -2.37. The van der Waals surface area contributed by atoms with Crippen LogP contribution in [0.1, 0.15) is 0 Å². The lowest BCUT2D eigenvalue weighted by Crippen LogP contribution is -2.46. The molecular formula is C17H19BrN2O. The number of rotatable bonds is 3. The zero-order chi connectivity index (χ0) is 14.7. The van der Waals surface area contributed by atoms with E-state index in [0.29, 0.717) is 0 Å². The van der Waals surface area contributed by atoms with E-state index in [1.54, 1.807) is 7.11 Å². The Morgan fingerprint density at radius 3 is 2.05 bits per heavy atom. The van der Waals surface area contributed by atoms with Gasteiger partial charge in [0.25, 0.3) is 0 Å². The number of nitrogens with zero attached hydrogens (tertiary/aromatic N) is 2. The highest BCUT2D eigenvalue weighted by molar-refractivity contribution is 9.10. The van der Waals surface area contributed by atoms with E-state index in [0.717, 1.165) is 36.4 Å². The van der Waals surface area contributed by atoms with Gasteiger partial charge in [0.05, 0.1) is 11.6 Å². The van der Waals surface area contributed by atoms with Gasteiger partial charge in [0.15, 0.2) is 0 Å². The van der Waals surface area contributed by atoms with Gasteiger partial charge in [-0.15, -0.1) is 0 Å². The molecule has 21 heavy (non-hydrogen) atoms. The zero-order valence-corrected chi connectivity index (χ0v) is 13.7. The first-order valence-electron chi connectivity index (χ1n) is 7.16. The molecule has 0 radical (unpaired) electrons. The highest BCUT2D eigenvalue weighted by Crippen LogP contribution is 2.30. The van der Waals surface area contributed by atoms with Crippen LogP contribution in [0.15, 0.2) is 53.0 Å². The predicted octanol–water partition coefficient (Wildman–Crippen LogP) is 3.78. The minimum atomic E-state index is 0.877. The standard InChI is InChI=1S/C17H19BrN2O/c1-21-17-8-7-15(13-16(17)18)20-11-9-19(10-12-20)14-5-3-2-4-6-14/h2-8,13H,9-12H2,1H3. The second-order valence-electron chi connectivity index (χ2n) is 5.13. The van der Waals surface area contributed by atoms with E-state index >= 15 is 0 Å². The van der Waals surface area contributed by atoms with Crippen LogP contribution in [0, 0.1) is 0 Å². The number of halogens is 1. The highest BCUT2D eigenvalue weighted by Gasteiger charge is 2.18. The number of methoxy groups -OCH3 is 1. The third-order valence-corrected chi connectivity index (χ3v) is 4.52. The van der Waals surface area contributed by atoms with Crippen LogP contribution in [0.5, 0.6) is 5.75 Å². The minimum absolute atomic E-state index is 0.877. The highest BCUT2D eigenvalue weighted by atomic mass is 79.9. The smallest absolute Gasteiger partial charge is 0.133 e. The summed E-state index contributed by atoms with van der Waals surface area (Å²) in [5.74, 6) is 0.877. The molecule has 0 unspecified atom stereocenters. The van der Waals surface area contributed by atoms with E-state index in [1.165, 1.54) is 11.4 Å². The number of anilines is 2. The fourth-order valence-corrected chi connectivity index (χ4v) is 3.24. The van der Waals surface area contributed by atoms with E-state index in [9.17, 15) is 0 Å². The van der Waals surface area contributed by atoms with Crippen molar-refractivity contribution in [2.24, 2.45) is 0 Å². The average Bonchev–Trinajstić information content (AvgIpc) is 2.56. The Labute approximate surface area is 134 Å². The van der Waals surface area contributed by atoms with Crippen LogP contribution >= 0.6 is 15.9 Å². The fraction of sp³-hybridized carbons (Fsp3) is 0.294. The van der Waals surface area contributed by atoms with Crippen molar-refractivity contribution >= 4 is 27.3 Å². The average molecular weight is 347 g/mol. The largest absolute Gasteiger partial charge is 0.496 e. The molecule has 1 saturated heterocycles. The molecule has 0 aromatic heterocycles. The van der Waals surface area contributed by atoms with Gasteiger partial charge < -0.3 is 14.5 Å². The normalized spacial score (nSPS) is 15.1. The summed E-state index contributed by atoms with van der Waals surface area (Å²) in [5, 5.41) is 0. The van der Waals surface area contributed by atoms with Crippen molar-refractivity contribution in [1.82, 2.24) is 0 Å². The number of benzene rings is 2. The molecule has 0 saturated carbocycles. The van der Waals surface area contributed by atoms with E-state index in [4.69, 9.17) is 4.74 Å². The van der Waals surface area contributed by atoms with Crippen LogP contribution in [0.4, 0.5) is 11.4 Å². The molecule has 1 fully saturated rings. The summed E-state index contributed by atoms with van der Waals surface area (Å²) in [6, 6.07) is 16.9. The van der Waals surface area contributed by atoms with Gasteiger partial charge in [-0.25, -0.2) is 0 Å². The summed E-state index contributed by atoms with van der Waals surface area (Å²) >= 11 is 3.56. The summed E-state index contributed by atoms with van der Waals surface area (Å²) in [5.41, 5.74) is 2.56. The number of para-hydroxylation sites is 1. The van der Waals surface area contributed by atoms with Gasteiger partial charge in [-0.3, -0.25) is 0 Å². The first-order valence-corrected chi connectivity index (χ1v) is 7.96. The second kappa shape index (κ2) is 6.39. The lowest BCUT2D eigenvalue weighted by atomic mass is 10.2. The predicted molar refractivity (Wildman–Crippen MR) is 91.6 cm³/mol. The molecule has 1 aliphatic rings. The van der Waals surface area contributed by atoms with Crippen molar-refractivity contribution < 1.29 is 4.74 Å². The number of hydrogen-bond acceptors (Lipinski definition) is 3. The number of hydrogen-bond donors (Lipinski definition) is 0. The van der Waals surface area contributed by atoms with Crippen molar-refractivity contribution in [3.05, 3.63) is 53.0 Å². The van der Waals surface area contributed by atoms with Crippen molar-refractivity contribution in [2.45, 2.75) is 0 Å². The summed E-state index contributed by atoms with van der Waals surface area (Å²) in [7, 11) is 1.69. The number of piperazine rings is 1. The molecule has 2 aromatic rings. The summed E-state index contributed by atoms with van der Waals surface area (Å²) in [6.07, 6.45) is 0. The molecule has 3 rings (SSSR count). The maximum Gasteiger partial charge on any atom is 0.133 e. The molecule has 0 bridgehead atoms. The first-order chi connectivity index (χ1) is 10.3. The third-order valence-electron chi connectivity index (χ3n) is 3.90. The van der Waals surface area contributed by atoms with Gasteiger partial charge in [-0.2, -0.15) is 0 Å². The molecule has 0 aliphatic carbocycles. The van der Waals surface area contributed by atoms with Crippen LogP contribution in [0.2, 0.25) is 0 Å². The molecule has 110 valence electrons. The van der Waals surface area contributed by atoms with Crippen LogP contribution in [-0.4, -0.2) is 33.3 Å². The molecule has 1 heterocycles. The van der Waals surface area contributed by atoms with E-state index in [1.807, 2.05) is 6.07 Å². The molecule has 0 amide bonds. The molecular weight excluding hydrogens is 328 g/mol. The van der Waals surface area contributed by atoms with Crippen LogP contribution < -0.4 is 14.5 Å². The Hall–Kier alpha value is -1.68. The van der Waals surface area contributed by atoms with Crippen LogP contribution in [-0.2, 0) is 0 Å². The maximum absolute atomic E-state index is 5.29. The Bertz CT molecular complexity index is 595. The Kier molecular flexibility index (Phi) is 4.34. The monoisotopic (exact) mass is 346 g/mol. The molecule has 0 N–H and O–H groups in total. The zero-order valence-electron chi connectivity index (χ0n) is 12.1. The number of ether oxygens (including phenoxy) is 1. The minimum Gasteiger partial charge on any atom is -0.496 e. The van der Waals surface area contributed by atoms with Gasteiger partial charge in [-0.05, 0) is 46.3 Å². The van der Waals surface area contributed by atoms with E-state index in [2.05, 4.69) is 68.2 Å². The van der Waals surface area contributed by atoms with Crippen LogP contribution in [0.25, 0.3) is 0 Å². The van der Waals surface area contributed by atoms with E-state index in [-0.39, 0.29) is 0 Å². The quantitative estimate of drug-likeness (QED) is 0.840. The Balaban J connectivity index is 1.67. The van der Waals surface area contributed by atoms with Crippen LogP contribution in [0.3, 0.4) is 0 Å². The van der Waals surface area contributed by atoms with Gasteiger partial charge in [-0.1, -0.05) is 18.2 Å². The van der Waals surface area contributed by atoms with Gasteiger partial charge in [0.2, 0.25) is 0 Å². The first kappa shape index (κ1) is 14.3. The van der Waals surface area contributed by atoms with Crippen molar-refractivity contribution in [3.63, 3.8) is 0 Å². The Morgan fingerprint density at radius 1 is 0.857 bits per heavy atom. The van der Waals surface area contributed by atoms with Gasteiger partial charge >= 0.3 is 0 Å². The summed E-state index contributed by atoms with van der Waals surface area (Å²) in [6.45, 7) is 4.17. The van der Waals surface area contributed by atoms with Gasteiger partial charge in [0.1, 0.15) is 5.75 Å². The summed E-state index contributed by atoms with van der Waals surface area (Å²) < 4.78 is 6.30. The lowest BCUT2D eigenvalue weighted by molar-refractivity contribution is 0.412. The van der Waals surface area contributed by atoms with E-state index < -0.39 is 0 Å².